The zero-order valence-electron chi connectivity index (χ0n) is 12.0. The molecule has 1 aromatic carbocycles. The van der Waals surface area contributed by atoms with Gasteiger partial charge in [-0.05, 0) is 43.9 Å². The van der Waals surface area contributed by atoms with Crippen molar-refractivity contribution in [2.24, 2.45) is 5.92 Å². The third-order valence-electron chi connectivity index (χ3n) is 4.22. The van der Waals surface area contributed by atoms with E-state index >= 15 is 0 Å². The summed E-state index contributed by atoms with van der Waals surface area (Å²) in [6.07, 6.45) is 7.40. The molecular formula is C16H23FN2O. The third kappa shape index (κ3) is 3.71. The van der Waals surface area contributed by atoms with Gasteiger partial charge in [0.1, 0.15) is 5.82 Å². The monoisotopic (exact) mass is 278 g/mol. The van der Waals surface area contributed by atoms with Gasteiger partial charge in [-0.2, -0.15) is 0 Å². The fourth-order valence-electron chi connectivity index (χ4n) is 2.95. The lowest BCUT2D eigenvalue weighted by atomic mass is 9.93. The summed E-state index contributed by atoms with van der Waals surface area (Å²) in [5, 5.41) is 3.01. The van der Waals surface area contributed by atoms with Gasteiger partial charge in [-0.3, -0.25) is 4.79 Å². The van der Waals surface area contributed by atoms with Crippen LogP contribution in [0.15, 0.2) is 18.2 Å². The van der Waals surface area contributed by atoms with Crippen molar-refractivity contribution in [3.05, 3.63) is 29.6 Å². The van der Waals surface area contributed by atoms with E-state index in [1.54, 1.807) is 0 Å². The maximum atomic E-state index is 13.0. The van der Waals surface area contributed by atoms with E-state index in [9.17, 15) is 9.18 Å². The quantitative estimate of drug-likeness (QED) is 0.657. The Bertz CT molecular complexity index is 468. The third-order valence-corrected chi connectivity index (χ3v) is 4.22. The van der Waals surface area contributed by atoms with E-state index in [1.165, 1.54) is 56.7 Å². The highest BCUT2D eigenvalue weighted by Crippen LogP contribution is 2.25. The molecule has 4 heteroatoms. The molecule has 0 spiro atoms. The van der Waals surface area contributed by atoms with Crippen molar-refractivity contribution in [1.29, 1.82) is 0 Å². The van der Waals surface area contributed by atoms with Crippen LogP contribution in [0, 0.1) is 11.7 Å². The Balaban J connectivity index is 1.99. The Kier molecular flexibility index (Phi) is 4.99. The van der Waals surface area contributed by atoms with Gasteiger partial charge in [0.05, 0.1) is 5.56 Å². The molecule has 0 heterocycles. The summed E-state index contributed by atoms with van der Waals surface area (Å²) in [4.78, 5) is 12.2. The van der Waals surface area contributed by atoms with E-state index in [0.717, 1.165) is 0 Å². The van der Waals surface area contributed by atoms with Gasteiger partial charge in [0.25, 0.3) is 5.91 Å². The second kappa shape index (κ2) is 6.73. The molecule has 1 aliphatic rings. The molecule has 3 N–H and O–H groups in total. The maximum Gasteiger partial charge on any atom is 0.253 e. The number of halogens is 1. The van der Waals surface area contributed by atoms with Crippen LogP contribution in [0.5, 0.6) is 0 Å². The Labute approximate surface area is 119 Å². The lowest BCUT2D eigenvalue weighted by Crippen LogP contribution is -2.38. The van der Waals surface area contributed by atoms with Gasteiger partial charge < -0.3 is 11.1 Å². The topological polar surface area (TPSA) is 55.1 Å². The predicted octanol–water partition coefficient (Wildman–Crippen LogP) is 3.50. The number of hydrogen-bond donors (Lipinski definition) is 2. The molecule has 3 nitrogen and oxygen atoms in total. The molecule has 0 aromatic heterocycles. The van der Waals surface area contributed by atoms with E-state index in [0.29, 0.717) is 11.5 Å². The highest BCUT2D eigenvalue weighted by Gasteiger charge is 2.21. The fraction of sp³-hybridized carbons (Fsp3) is 0.562. The number of carbonyl (C=O) groups is 1. The summed E-state index contributed by atoms with van der Waals surface area (Å²) < 4.78 is 13.0. The van der Waals surface area contributed by atoms with Gasteiger partial charge in [-0.1, -0.05) is 25.7 Å². The molecule has 0 bridgehead atoms. The second-order valence-corrected chi connectivity index (χ2v) is 5.75. The normalized spacial score (nSPS) is 18.3. The van der Waals surface area contributed by atoms with Crippen LogP contribution in [-0.2, 0) is 0 Å². The lowest BCUT2D eigenvalue weighted by Gasteiger charge is -2.23. The van der Waals surface area contributed by atoms with Crippen LogP contribution in [0.25, 0.3) is 0 Å². The lowest BCUT2D eigenvalue weighted by molar-refractivity contribution is 0.0924. The minimum absolute atomic E-state index is 0.130. The second-order valence-electron chi connectivity index (χ2n) is 5.75. The van der Waals surface area contributed by atoms with Gasteiger partial charge in [0, 0.05) is 11.7 Å². The first-order chi connectivity index (χ1) is 9.58. The molecule has 20 heavy (non-hydrogen) atoms. The minimum Gasteiger partial charge on any atom is -0.398 e. The van der Waals surface area contributed by atoms with Crippen LogP contribution in [0.2, 0.25) is 0 Å². The Morgan fingerprint density at radius 2 is 1.95 bits per heavy atom. The molecule has 1 amide bonds. The molecule has 1 aromatic rings. The summed E-state index contributed by atoms with van der Waals surface area (Å²) in [5.74, 6) is -0.0989. The number of amides is 1. The minimum atomic E-state index is -0.420. The van der Waals surface area contributed by atoms with Crippen LogP contribution < -0.4 is 11.1 Å². The highest BCUT2D eigenvalue weighted by molar-refractivity contribution is 5.99. The summed E-state index contributed by atoms with van der Waals surface area (Å²) >= 11 is 0. The molecule has 0 unspecified atom stereocenters. The number of hydrogen-bond acceptors (Lipinski definition) is 2. The van der Waals surface area contributed by atoms with Crippen LogP contribution in [0.4, 0.5) is 10.1 Å². The number of benzene rings is 1. The summed E-state index contributed by atoms with van der Waals surface area (Å²) in [6.45, 7) is 2.05. The number of anilines is 1. The maximum absolute atomic E-state index is 13.0. The number of carbonyl (C=O) groups excluding carboxylic acids is 1. The van der Waals surface area contributed by atoms with Gasteiger partial charge in [0.15, 0.2) is 0 Å². The smallest absolute Gasteiger partial charge is 0.253 e. The van der Waals surface area contributed by atoms with Gasteiger partial charge >= 0.3 is 0 Å². The van der Waals surface area contributed by atoms with Crippen molar-refractivity contribution in [3.8, 4) is 0 Å². The molecule has 0 saturated heterocycles. The SMILES string of the molecule is C[C@@H](NC(=O)c1ccc(F)cc1N)C1CCCCCC1. The zero-order valence-corrected chi connectivity index (χ0v) is 12.0. The highest BCUT2D eigenvalue weighted by atomic mass is 19.1. The summed E-state index contributed by atoms with van der Waals surface area (Å²) in [7, 11) is 0. The number of nitrogens with one attached hydrogen (secondary N) is 1. The molecule has 1 fully saturated rings. The molecule has 110 valence electrons. The standard InChI is InChI=1S/C16H23FN2O/c1-11(12-6-4-2-3-5-7-12)19-16(20)14-9-8-13(17)10-15(14)18/h8-12H,2-7,18H2,1H3,(H,19,20)/t11-/m1/s1. The van der Waals surface area contributed by atoms with Crippen LogP contribution in [-0.4, -0.2) is 11.9 Å². The molecule has 0 radical (unpaired) electrons. The van der Waals surface area contributed by atoms with Crippen molar-refractivity contribution < 1.29 is 9.18 Å². The molecule has 1 atom stereocenters. The van der Waals surface area contributed by atoms with E-state index in [2.05, 4.69) is 5.32 Å². The number of nitrogen functional groups attached to an aromatic ring is 1. The number of rotatable bonds is 3. The van der Waals surface area contributed by atoms with Gasteiger partial charge in [0.2, 0.25) is 0 Å². The average Bonchev–Trinajstić information content (AvgIpc) is 2.67. The Morgan fingerprint density at radius 1 is 1.30 bits per heavy atom. The van der Waals surface area contributed by atoms with E-state index < -0.39 is 5.82 Å². The molecular weight excluding hydrogens is 255 g/mol. The van der Waals surface area contributed by atoms with Crippen LogP contribution in [0.1, 0.15) is 55.8 Å². The Morgan fingerprint density at radius 3 is 2.55 bits per heavy atom. The summed E-state index contributed by atoms with van der Waals surface area (Å²) in [5.41, 5.74) is 6.24. The van der Waals surface area contributed by atoms with Crippen LogP contribution >= 0.6 is 0 Å². The Hall–Kier alpha value is -1.58. The van der Waals surface area contributed by atoms with Crippen molar-refractivity contribution in [3.63, 3.8) is 0 Å². The number of nitrogens with two attached hydrogens (primary N) is 1. The van der Waals surface area contributed by atoms with E-state index in [4.69, 9.17) is 5.73 Å². The zero-order chi connectivity index (χ0) is 14.5. The molecule has 2 rings (SSSR count). The van der Waals surface area contributed by atoms with Crippen LogP contribution in [0.3, 0.4) is 0 Å². The van der Waals surface area contributed by atoms with Gasteiger partial charge in [-0.25, -0.2) is 4.39 Å². The predicted molar refractivity (Wildman–Crippen MR) is 78.9 cm³/mol. The van der Waals surface area contributed by atoms with Crippen molar-refractivity contribution >= 4 is 11.6 Å². The van der Waals surface area contributed by atoms with E-state index in [1.807, 2.05) is 6.92 Å². The van der Waals surface area contributed by atoms with Crippen molar-refractivity contribution in [2.45, 2.75) is 51.5 Å². The molecule has 1 aliphatic carbocycles. The van der Waals surface area contributed by atoms with Gasteiger partial charge in [-0.15, -0.1) is 0 Å². The van der Waals surface area contributed by atoms with E-state index in [-0.39, 0.29) is 17.6 Å². The van der Waals surface area contributed by atoms with Crippen molar-refractivity contribution in [2.75, 3.05) is 5.73 Å². The fourth-order valence-corrected chi connectivity index (χ4v) is 2.95. The molecule has 0 aliphatic heterocycles. The first kappa shape index (κ1) is 14.8. The first-order valence-electron chi connectivity index (χ1n) is 7.44. The summed E-state index contributed by atoms with van der Waals surface area (Å²) in [6, 6.07) is 4.03. The average molecular weight is 278 g/mol. The largest absolute Gasteiger partial charge is 0.398 e. The molecule has 1 saturated carbocycles. The van der Waals surface area contributed by atoms with Crippen molar-refractivity contribution in [1.82, 2.24) is 5.32 Å². The first-order valence-corrected chi connectivity index (χ1v) is 7.44.